The molecule has 0 saturated carbocycles. The molecule has 176 valence electrons. The number of hydrogen-bond acceptors (Lipinski definition) is 5. The first-order chi connectivity index (χ1) is 16.4. The number of nitrogens with one attached hydrogen (secondary N) is 2. The molecule has 1 aromatic heterocycles. The molecule has 4 rings (SSSR count). The van der Waals surface area contributed by atoms with E-state index in [1.807, 2.05) is 18.2 Å². The van der Waals surface area contributed by atoms with Crippen molar-refractivity contribution in [1.29, 1.82) is 0 Å². The van der Waals surface area contributed by atoms with Crippen LogP contribution in [0.4, 0.5) is 11.4 Å². The maximum absolute atomic E-state index is 12.4. The molecule has 6 nitrogen and oxygen atoms in total. The van der Waals surface area contributed by atoms with Crippen LogP contribution in [0.15, 0.2) is 65.1 Å². The fourth-order valence-corrected chi connectivity index (χ4v) is 4.40. The Morgan fingerprint density at radius 3 is 2.47 bits per heavy atom. The highest BCUT2D eigenvalue weighted by molar-refractivity contribution is 7.80. The quantitative estimate of drug-likeness (QED) is 0.344. The Bertz CT molecular complexity index is 1200. The number of benzene rings is 2. The number of para-hydroxylation sites is 2. The summed E-state index contributed by atoms with van der Waals surface area (Å²) in [7, 11) is 2.12. The molecule has 2 N–H and O–H groups in total. The average Bonchev–Trinajstić information content (AvgIpc) is 3.27. The van der Waals surface area contributed by atoms with E-state index in [1.165, 1.54) is 6.08 Å². The van der Waals surface area contributed by atoms with Gasteiger partial charge in [-0.2, -0.15) is 0 Å². The van der Waals surface area contributed by atoms with Crippen molar-refractivity contribution in [1.82, 2.24) is 10.2 Å². The van der Waals surface area contributed by atoms with Gasteiger partial charge in [0.2, 0.25) is 5.91 Å². The van der Waals surface area contributed by atoms with Gasteiger partial charge in [-0.25, -0.2) is 0 Å². The van der Waals surface area contributed by atoms with Crippen LogP contribution >= 0.6 is 35.4 Å². The Balaban J connectivity index is 1.35. The Morgan fingerprint density at radius 2 is 1.74 bits per heavy atom. The molecule has 1 fully saturated rings. The zero-order valence-electron chi connectivity index (χ0n) is 18.6. The Morgan fingerprint density at radius 1 is 1.03 bits per heavy atom. The first kappa shape index (κ1) is 24.3. The van der Waals surface area contributed by atoms with Crippen molar-refractivity contribution >= 4 is 63.9 Å². The van der Waals surface area contributed by atoms with E-state index >= 15 is 0 Å². The van der Waals surface area contributed by atoms with Crippen LogP contribution in [0.5, 0.6) is 0 Å². The topological polar surface area (TPSA) is 60.8 Å². The van der Waals surface area contributed by atoms with Crippen molar-refractivity contribution < 1.29 is 9.21 Å². The number of carbonyl (C=O) groups is 1. The first-order valence-corrected chi connectivity index (χ1v) is 11.9. The molecular weight excluding hydrogens is 491 g/mol. The highest BCUT2D eigenvalue weighted by atomic mass is 35.5. The molecular formula is C25H24Cl2N4O2S. The van der Waals surface area contributed by atoms with Gasteiger partial charge in [0.1, 0.15) is 11.5 Å². The molecule has 0 bridgehead atoms. The van der Waals surface area contributed by atoms with E-state index in [0.29, 0.717) is 21.6 Å². The smallest absolute Gasteiger partial charge is 0.250 e. The number of hydrogen-bond donors (Lipinski definition) is 2. The highest BCUT2D eigenvalue weighted by Crippen LogP contribution is 2.29. The molecule has 0 radical (unpaired) electrons. The summed E-state index contributed by atoms with van der Waals surface area (Å²) in [5.41, 5.74) is 2.68. The monoisotopic (exact) mass is 514 g/mol. The molecule has 0 atom stereocenters. The van der Waals surface area contributed by atoms with Crippen molar-refractivity contribution in [3.63, 3.8) is 0 Å². The zero-order chi connectivity index (χ0) is 24.1. The third-order valence-corrected chi connectivity index (χ3v) is 6.05. The second-order valence-corrected chi connectivity index (χ2v) is 9.23. The summed E-state index contributed by atoms with van der Waals surface area (Å²) in [4.78, 5) is 17.0. The number of furan rings is 1. The van der Waals surface area contributed by atoms with Gasteiger partial charge in [0.25, 0.3) is 0 Å². The largest absolute Gasteiger partial charge is 0.457 e. The molecule has 2 heterocycles. The second kappa shape index (κ2) is 11.1. The number of likely N-dealkylation sites (N-methyl/N-ethyl adjacent to an activating group) is 1. The number of anilines is 2. The van der Waals surface area contributed by atoms with Gasteiger partial charge < -0.3 is 19.5 Å². The third-order valence-electron chi connectivity index (χ3n) is 5.41. The molecule has 1 amide bonds. The number of rotatable bonds is 5. The third kappa shape index (κ3) is 6.39. The number of halogens is 2. The molecule has 2 aromatic carbocycles. The van der Waals surface area contributed by atoms with Crippen molar-refractivity contribution in [2.45, 2.75) is 0 Å². The predicted octanol–water partition coefficient (Wildman–Crippen LogP) is 5.53. The maximum Gasteiger partial charge on any atom is 0.250 e. The highest BCUT2D eigenvalue weighted by Gasteiger charge is 2.17. The molecule has 9 heteroatoms. The van der Waals surface area contributed by atoms with Crippen LogP contribution in [0, 0.1) is 0 Å². The minimum absolute atomic E-state index is 0.227. The number of nitrogens with zero attached hydrogens (tertiary/aromatic N) is 2. The Kier molecular flexibility index (Phi) is 7.90. The maximum atomic E-state index is 12.4. The van der Waals surface area contributed by atoms with Gasteiger partial charge in [0, 0.05) is 47.9 Å². The van der Waals surface area contributed by atoms with Crippen LogP contribution in [0.25, 0.3) is 17.4 Å². The van der Waals surface area contributed by atoms with Gasteiger partial charge in [-0.15, -0.1) is 0 Å². The van der Waals surface area contributed by atoms with E-state index in [-0.39, 0.29) is 11.0 Å². The van der Waals surface area contributed by atoms with Crippen molar-refractivity contribution in [3.8, 4) is 11.3 Å². The summed E-state index contributed by atoms with van der Waals surface area (Å²) in [6, 6.07) is 16.7. The minimum Gasteiger partial charge on any atom is -0.457 e. The van der Waals surface area contributed by atoms with Gasteiger partial charge in [-0.05, 0) is 67.8 Å². The predicted molar refractivity (Wildman–Crippen MR) is 144 cm³/mol. The molecule has 0 unspecified atom stereocenters. The van der Waals surface area contributed by atoms with E-state index in [0.717, 1.165) is 43.1 Å². The lowest BCUT2D eigenvalue weighted by Gasteiger charge is -2.35. The van der Waals surface area contributed by atoms with Gasteiger partial charge in [-0.1, -0.05) is 35.3 Å². The molecule has 1 aliphatic rings. The molecule has 0 aliphatic carbocycles. The number of piperazine rings is 1. The van der Waals surface area contributed by atoms with Crippen LogP contribution in [-0.2, 0) is 4.79 Å². The standard InChI is InChI=1S/C25H24Cl2N4O2S/c1-30-10-12-31(13-11-30)22-5-3-2-4-21(22)28-25(34)29-24(32)9-7-20-6-8-23(33-20)17-14-18(26)16-19(27)15-17/h2-9,14-16H,10-13H2,1H3,(H2,28,29,32,34)/b9-7+. The van der Waals surface area contributed by atoms with Crippen molar-refractivity contribution in [2.75, 3.05) is 43.4 Å². The Labute approximate surface area is 214 Å². The summed E-state index contributed by atoms with van der Waals surface area (Å²) in [5, 5.41) is 7.09. The van der Waals surface area contributed by atoms with E-state index in [1.54, 1.807) is 36.4 Å². The van der Waals surface area contributed by atoms with Gasteiger partial charge in [0.15, 0.2) is 5.11 Å². The lowest BCUT2D eigenvalue weighted by Crippen LogP contribution is -2.45. The summed E-state index contributed by atoms with van der Waals surface area (Å²) >= 11 is 17.5. The molecule has 1 aliphatic heterocycles. The van der Waals surface area contributed by atoms with E-state index in [2.05, 4.69) is 33.5 Å². The van der Waals surface area contributed by atoms with Crippen LogP contribution in [0.1, 0.15) is 5.76 Å². The van der Waals surface area contributed by atoms with Crippen molar-refractivity contribution in [2.24, 2.45) is 0 Å². The summed E-state index contributed by atoms with van der Waals surface area (Å²) < 4.78 is 5.78. The van der Waals surface area contributed by atoms with E-state index in [4.69, 9.17) is 39.8 Å². The lowest BCUT2D eigenvalue weighted by molar-refractivity contribution is -0.115. The van der Waals surface area contributed by atoms with E-state index < -0.39 is 0 Å². The van der Waals surface area contributed by atoms with Gasteiger partial charge in [-0.3, -0.25) is 10.1 Å². The fraction of sp³-hybridized carbons (Fsp3) is 0.200. The molecule has 3 aromatic rings. The minimum atomic E-state index is -0.363. The molecule has 1 saturated heterocycles. The fourth-order valence-electron chi connectivity index (χ4n) is 3.66. The molecule has 34 heavy (non-hydrogen) atoms. The summed E-state index contributed by atoms with van der Waals surface area (Å²) in [6.45, 7) is 3.87. The van der Waals surface area contributed by atoms with Gasteiger partial charge in [0.05, 0.1) is 11.4 Å². The normalized spacial score (nSPS) is 14.4. The SMILES string of the molecule is CN1CCN(c2ccccc2NC(=S)NC(=O)/C=C/c2ccc(-c3cc(Cl)cc(Cl)c3)o2)CC1. The van der Waals surface area contributed by atoms with Crippen LogP contribution in [0.2, 0.25) is 10.0 Å². The van der Waals surface area contributed by atoms with Crippen molar-refractivity contribution in [3.05, 3.63) is 76.5 Å². The second-order valence-electron chi connectivity index (χ2n) is 7.94. The summed E-state index contributed by atoms with van der Waals surface area (Å²) in [6.07, 6.45) is 2.94. The lowest BCUT2D eigenvalue weighted by atomic mass is 10.2. The number of carbonyl (C=O) groups excluding carboxylic acids is 1. The van der Waals surface area contributed by atoms with Gasteiger partial charge >= 0.3 is 0 Å². The first-order valence-electron chi connectivity index (χ1n) is 10.8. The van der Waals surface area contributed by atoms with Crippen LogP contribution < -0.4 is 15.5 Å². The van der Waals surface area contributed by atoms with Crippen LogP contribution in [0.3, 0.4) is 0 Å². The summed E-state index contributed by atoms with van der Waals surface area (Å²) in [5.74, 6) is 0.751. The van der Waals surface area contributed by atoms with E-state index in [9.17, 15) is 4.79 Å². The van der Waals surface area contributed by atoms with Crippen LogP contribution in [-0.4, -0.2) is 49.1 Å². The molecule has 0 spiro atoms. The number of thiocarbonyl (C=S) groups is 1. The average molecular weight is 515 g/mol. The zero-order valence-corrected chi connectivity index (χ0v) is 20.9. The number of amides is 1. The Hall–Kier alpha value is -2.84.